The average Bonchev–Trinajstić information content (AvgIpc) is 3.21. The summed E-state index contributed by atoms with van der Waals surface area (Å²) in [6, 6.07) is 7.99. The van der Waals surface area contributed by atoms with E-state index in [2.05, 4.69) is 11.4 Å². The number of nitrogens with one attached hydrogen (secondary N) is 1. The van der Waals surface area contributed by atoms with E-state index in [1.165, 1.54) is 4.88 Å². The summed E-state index contributed by atoms with van der Waals surface area (Å²) in [7, 11) is 0. The second-order valence-electron chi connectivity index (χ2n) is 6.09. The minimum atomic E-state index is -0.302. The molecule has 1 saturated heterocycles. The Morgan fingerprint density at radius 3 is 2.71 bits per heavy atom. The molecule has 128 valence electrons. The van der Waals surface area contributed by atoms with Gasteiger partial charge in [0.2, 0.25) is 5.91 Å². The molecule has 0 radical (unpaired) electrons. The van der Waals surface area contributed by atoms with Crippen LogP contribution in [0.3, 0.4) is 0 Å². The Bertz CT molecular complexity index is 687. The molecule has 3 rings (SSSR count). The van der Waals surface area contributed by atoms with Crippen molar-refractivity contribution in [3.63, 3.8) is 0 Å². The van der Waals surface area contributed by atoms with Gasteiger partial charge in [0.05, 0.1) is 13.1 Å². The van der Waals surface area contributed by atoms with Crippen molar-refractivity contribution in [1.82, 2.24) is 14.8 Å². The fraction of sp³-hybridized carbons (Fsp3) is 0.412. The topological polar surface area (TPSA) is 80.4 Å². The number of carbonyl (C=O) groups is 2. The van der Waals surface area contributed by atoms with Gasteiger partial charge in [0.15, 0.2) is 0 Å². The minimum Gasteiger partial charge on any atom is -0.369 e. The number of amides is 2. The zero-order valence-corrected chi connectivity index (χ0v) is 14.3. The lowest BCUT2D eigenvalue weighted by Crippen LogP contribution is -2.47. The predicted molar refractivity (Wildman–Crippen MR) is 94.0 cm³/mol. The van der Waals surface area contributed by atoms with Crippen LogP contribution in [-0.4, -0.2) is 47.0 Å². The van der Waals surface area contributed by atoms with Gasteiger partial charge in [-0.3, -0.25) is 14.5 Å². The van der Waals surface area contributed by atoms with Gasteiger partial charge < -0.3 is 15.6 Å². The van der Waals surface area contributed by atoms with Crippen LogP contribution in [-0.2, 0) is 11.3 Å². The lowest BCUT2D eigenvalue weighted by Gasteiger charge is -2.31. The van der Waals surface area contributed by atoms with Gasteiger partial charge >= 0.3 is 0 Å². The van der Waals surface area contributed by atoms with Crippen molar-refractivity contribution in [3.8, 4) is 0 Å². The zero-order valence-electron chi connectivity index (χ0n) is 13.5. The summed E-state index contributed by atoms with van der Waals surface area (Å²) in [5, 5.41) is 5.16. The van der Waals surface area contributed by atoms with E-state index in [-0.39, 0.29) is 17.9 Å². The van der Waals surface area contributed by atoms with Crippen LogP contribution in [0.1, 0.15) is 28.2 Å². The fourth-order valence-electron chi connectivity index (χ4n) is 3.04. The van der Waals surface area contributed by atoms with Crippen molar-refractivity contribution in [1.29, 1.82) is 0 Å². The van der Waals surface area contributed by atoms with E-state index in [4.69, 9.17) is 5.73 Å². The molecule has 0 saturated carbocycles. The second-order valence-corrected chi connectivity index (χ2v) is 7.12. The molecule has 0 spiro atoms. The molecule has 2 aromatic rings. The third-order valence-corrected chi connectivity index (χ3v) is 5.13. The number of aromatic nitrogens is 1. The molecule has 6 nitrogen and oxygen atoms in total. The highest BCUT2D eigenvalue weighted by atomic mass is 32.1. The molecule has 24 heavy (non-hydrogen) atoms. The summed E-state index contributed by atoms with van der Waals surface area (Å²) in [6.45, 7) is 2.57. The van der Waals surface area contributed by atoms with Gasteiger partial charge in [0.25, 0.3) is 5.91 Å². The number of thiophene rings is 1. The predicted octanol–water partition coefficient (Wildman–Crippen LogP) is 1.28. The number of carbonyl (C=O) groups excluding carboxylic acids is 2. The van der Waals surface area contributed by atoms with Gasteiger partial charge in [-0.05, 0) is 36.4 Å². The molecule has 3 N–H and O–H groups in total. The molecule has 1 fully saturated rings. The Balaban J connectivity index is 1.55. The maximum absolute atomic E-state index is 12.6. The Kier molecular flexibility index (Phi) is 5.32. The second kappa shape index (κ2) is 7.63. The molecular weight excluding hydrogens is 324 g/mol. The Morgan fingerprint density at radius 2 is 2.04 bits per heavy atom. The first-order chi connectivity index (χ1) is 11.6. The van der Waals surface area contributed by atoms with Crippen molar-refractivity contribution >= 4 is 23.2 Å². The van der Waals surface area contributed by atoms with E-state index in [0.717, 1.165) is 25.9 Å². The highest BCUT2D eigenvalue weighted by molar-refractivity contribution is 7.09. The third-order valence-electron chi connectivity index (χ3n) is 4.27. The highest BCUT2D eigenvalue weighted by Crippen LogP contribution is 2.14. The molecule has 0 bridgehead atoms. The normalized spacial score (nSPS) is 16.2. The van der Waals surface area contributed by atoms with E-state index in [9.17, 15) is 9.59 Å². The van der Waals surface area contributed by atoms with Gasteiger partial charge in [-0.1, -0.05) is 6.07 Å². The van der Waals surface area contributed by atoms with E-state index in [1.54, 1.807) is 11.3 Å². The van der Waals surface area contributed by atoms with Gasteiger partial charge in [-0.15, -0.1) is 11.3 Å². The van der Waals surface area contributed by atoms with Crippen LogP contribution in [0.4, 0.5) is 0 Å². The summed E-state index contributed by atoms with van der Waals surface area (Å²) in [5.74, 6) is -0.339. The number of likely N-dealkylation sites (tertiary alicyclic amines) is 1. The van der Waals surface area contributed by atoms with Crippen LogP contribution in [0.2, 0.25) is 0 Å². The first kappa shape index (κ1) is 16.7. The largest absolute Gasteiger partial charge is 0.369 e. The van der Waals surface area contributed by atoms with Crippen LogP contribution >= 0.6 is 11.3 Å². The summed E-state index contributed by atoms with van der Waals surface area (Å²) in [6.07, 6.45) is 3.61. The monoisotopic (exact) mass is 346 g/mol. The molecule has 0 aliphatic carbocycles. The standard InChI is InChI=1S/C17H22N4O2S/c18-16(22)12-20-8-5-13(6-9-20)19-17(23)15-4-1-7-21(15)11-14-3-2-10-24-14/h1-4,7,10,13H,5-6,8-9,11-12H2,(H2,18,22)(H,19,23). The number of hydrogen-bond donors (Lipinski definition) is 2. The number of nitrogens with zero attached hydrogens (tertiary/aromatic N) is 2. The first-order valence-corrected chi connectivity index (χ1v) is 8.99. The molecule has 3 heterocycles. The molecule has 2 aromatic heterocycles. The molecular formula is C17H22N4O2S. The Labute approximate surface area is 145 Å². The van der Waals surface area contributed by atoms with Crippen molar-refractivity contribution in [3.05, 3.63) is 46.4 Å². The summed E-state index contributed by atoms with van der Waals surface area (Å²) < 4.78 is 1.98. The molecule has 2 amide bonds. The van der Waals surface area contributed by atoms with Crippen molar-refractivity contribution < 1.29 is 9.59 Å². The smallest absolute Gasteiger partial charge is 0.268 e. The molecule has 1 aliphatic rings. The third kappa shape index (κ3) is 4.24. The fourth-order valence-corrected chi connectivity index (χ4v) is 3.75. The van der Waals surface area contributed by atoms with Gasteiger partial charge in [-0.2, -0.15) is 0 Å². The van der Waals surface area contributed by atoms with Gasteiger partial charge in [-0.25, -0.2) is 0 Å². The highest BCUT2D eigenvalue weighted by Gasteiger charge is 2.22. The van der Waals surface area contributed by atoms with Crippen LogP contribution in [0, 0.1) is 0 Å². The summed E-state index contributed by atoms with van der Waals surface area (Å²) >= 11 is 1.69. The van der Waals surface area contributed by atoms with E-state index in [0.29, 0.717) is 18.8 Å². The average molecular weight is 346 g/mol. The number of piperidine rings is 1. The molecule has 7 heteroatoms. The maximum atomic E-state index is 12.6. The summed E-state index contributed by atoms with van der Waals surface area (Å²) in [4.78, 5) is 26.8. The van der Waals surface area contributed by atoms with Crippen LogP contribution in [0.15, 0.2) is 35.8 Å². The van der Waals surface area contributed by atoms with Crippen molar-refractivity contribution in [2.45, 2.75) is 25.4 Å². The SMILES string of the molecule is NC(=O)CN1CCC(NC(=O)c2cccn2Cc2cccs2)CC1. The molecule has 0 atom stereocenters. The van der Waals surface area contributed by atoms with E-state index >= 15 is 0 Å². The Morgan fingerprint density at radius 1 is 1.25 bits per heavy atom. The van der Waals surface area contributed by atoms with Gasteiger partial charge in [0.1, 0.15) is 5.69 Å². The first-order valence-electron chi connectivity index (χ1n) is 8.11. The van der Waals surface area contributed by atoms with E-state index in [1.807, 2.05) is 39.2 Å². The van der Waals surface area contributed by atoms with Crippen LogP contribution in [0.5, 0.6) is 0 Å². The number of rotatable bonds is 6. The van der Waals surface area contributed by atoms with Crippen molar-refractivity contribution in [2.24, 2.45) is 5.73 Å². The van der Waals surface area contributed by atoms with Crippen LogP contribution in [0.25, 0.3) is 0 Å². The van der Waals surface area contributed by atoms with Crippen LogP contribution < -0.4 is 11.1 Å². The number of hydrogen-bond acceptors (Lipinski definition) is 4. The molecule has 0 aromatic carbocycles. The molecule has 1 aliphatic heterocycles. The zero-order chi connectivity index (χ0) is 16.9. The number of primary amides is 1. The quantitative estimate of drug-likeness (QED) is 0.827. The Hall–Kier alpha value is -2.12. The van der Waals surface area contributed by atoms with Crippen molar-refractivity contribution in [2.75, 3.05) is 19.6 Å². The lowest BCUT2D eigenvalue weighted by molar-refractivity contribution is -0.119. The summed E-state index contributed by atoms with van der Waals surface area (Å²) in [5.41, 5.74) is 5.91. The molecule has 0 unspecified atom stereocenters. The van der Waals surface area contributed by atoms with Gasteiger partial charge in [0, 0.05) is 30.2 Å². The maximum Gasteiger partial charge on any atom is 0.268 e. The van der Waals surface area contributed by atoms with E-state index < -0.39 is 0 Å². The lowest BCUT2D eigenvalue weighted by atomic mass is 10.0. The minimum absolute atomic E-state index is 0.0371. The number of nitrogens with two attached hydrogens (primary N) is 1.